The van der Waals surface area contributed by atoms with Gasteiger partial charge in [0.05, 0.1) is 18.2 Å². The van der Waals surface area contributed by atoms with E-state index in [9.17, 15) is 4.79 Å². The average molecular weight is 542 g/mol. The Morgan fingerprint density at radius 2 is 2.00 bits per heavy atom. The number of halogens is 1. The first-order valence-corrected chi connectivity index (χ1v) is 11.8. The minimum Gasteiger partial charge on any atom is -0.357 e. The minimum atomic E-state index is 0. The number of amides is 1. The van der Waals surface area contributed by atoms with E-state index >= 15 is 0 Å². The summed E-state index contributed by atoms with van der Waals surface area (Å²) in [7, 11) is 0. The highest BCUT2D eigenvalue weighted by Crippen LogP contribution is 2.27. The van der Waals surface area contributed by atoms with Gasteiger partial charge >= 0.3 is 0 Å². The fraction of sp³-hybridized carbons (Fsp3) is 0.591. The maximum absolute atomic E-state index is 12.7. The Balaban J connectivity index is 0.00000320. The third kappa shape index (κ3) is 7.34. The van der Waals surface area contributed by atoms with Crippen LogP contribution in [0.3, 0.4) is 0 Å². The smallest absolute Gasteiger partial charge is 0.225 e. The number of guanidine groups is 1. The molecule has 0 radical (unpaired) electrons. The molecule has 1 saturated heterocycles. The van der Waals surface area contributed by atoms with Crippen molar-refractivity contribution in [2.45, 2.75) is 45.2 Å². The lowest BCUT2D eigenvalue weighted by Gasteiger charge is -2.34. The summed E-state index contributed by atoms with van der Waals surface area (Å²) >= 11 is 1.94. The van der Waals surface area contributed by atoms with Crippen molar-refractivity contribution in [1.29, 1.82) is 5.26 Å². The number of nitrogens with zero attached hydrogens (tertiary/aromatic N) is 3. The van der Waals surface area contributed by atoms with Crippen LogP contribution in [0.2, 0.25) is 0 Å². The van der Waals surface area contributed by atoms with Gasteiger partial charge in [0.1, 0.15) is 0 Å². The molecule has 2 aliphatic rings. The summed E-state index contributed by atoms with van der Waals surface area (Å²) in [6, 6.07) is 10.1. The fourth-order valence-electron chi connectivity index (χ4n) is 3.95. The Morgan fingerprint density at radius 3 is 2.67 bits per heavy atom. The lowest BCUT2D eigenvalue weighted by Crippen LogP contribution is -2.47. The Kier molecular flexibility index (Phi) is 10.8. The standard InChI is InChI=1S/C22H31N5OS.HI/c1-2-24-22(25-16-18-5-3-4-17(14-18)15-23)26-20-8-6-19(7-9-20)21(28)27-10-12-29-13-11-27;/h3-5,14,19-20H,2,6-13,16H2,1H3,(H2,24,25,26);1H. The van der Waals surface area contributed by atoms with E-state index in [0.717, 1.165) is 68.3 Å². The van der Waals surface area contributed by atoms with Crippen molar-refractivity contribution in [3.05, 3.63) is 35.4 Å². The maximum Gasteiger partial charge on any atom is 0.225 e. The predicted octanol–water partition coefficient (Wildman–Crippen LogP) is 3.37. The molecule has 3 rings (SSSR count). The van der Waals surface area contributed by atoms with Crippen LogP contribution in [-0.4, -0.2) is 53.9 Å². The topological polar surface area (TPSA) is 80.5 Å². The largest absolute Gasteiger partial charge is 0.357 e. The molecular weight excluding hydrogens is 509 g/mol. The zero-order valence-electron chi connectivity index (χ0n) is 17.6. The molecule has 1 aromatic rings. The van der Waals surface area contributed by atoms with Crippen molar-refractivity contribution < 1.29 is 4.79 Å². The van der Waals surface area contributed by atoms with Crippen LogP contribution < -0.4 is 10.6 Å². The van der Waals surface area contributed by atoms with Crippen LogP contribution in [0.1, 0.15) is 43.7 Å². The van der Waals surface area contributed by atoms with Crippen LogP contribution in [0.5, 0.6) is 0 Å². The van der Waals surface area contributed by atoms with E-state index in [-0.39, 0.29) is 29.9 Å². The zero-order valence-corrected chi connectivity index (χ0v) is 20.7. The molecule has 8 heteroatoms. The summed E-state index contributed by atoms with van der Waals surface area (Å²) in [5.74, 6) is 3.49. The van der Waals surface area contributed by atoms with Crippen LogP contribution in [0.4, 0.5) is 0 Å². The summed E-state index contributed by atoms with van der Waals surface area (Å²) in [4.78, 5) is 19.5. The molecule has 1 heterocycles. The second-order valence-corrected chi connectivity index (χ2v) is 8.86. The molecule has 0 unspecified atom stereocenters. The third-order valence-corrected chi connectivity index (χ3v) is 6.50. The van der Waals surface area contributed by atoms with Crippen LogP contribution in [0.15, 0.2) is 29.3 Å². The average Bonchev–Trinajstić information content (AvgIpc) is 2.78. The van der Waals surface area contributed by atoms with Crippen molar-refractivity contribution in [3.8, 4) is 6.07 Å². The van der Waals surface area contributed by atoms with Gasteiger partial charge in [0.25, 0.3) is 0 Å². The van der Waals surface area contributed by atoms with Crippen LogP contribution >= 0.6 is 35.7 Å². The Labute approximate surface area is 201 Å². The number of aliphatic imine (C=N–C) groups is 1. The first kappa shape index (κ1) is 24.8. The molecule has 164 valence electrons. The molecule has 1 amide bonds. The number of benzene rings is 1. The molecule has 6 nitrogen and oxygen atoms in total. The Hall–Kier alpha value is -1.47. The third-order valence-electron chi connectivity index (χ3n) is 5.56. The van der Waals surface area contributed by atoms with Gasteiger partial charge in [-0.05, 0) is 50.3 Å². The predicted molar refractivity (Wildman–Crippen MR) is 134 cm³/mol. The highest BCUT2D eigenvalue weighted by molar-refractivity contribution is 14.0. The molecule has 0 spiro atoms. The number of nitrogens with one attached hydrogen (secondary N) is 2. The van der Waals surface area contributed by atoms with Gasteiger partial charge in [0, 0.05) is 43.1 Å². The van der Waals surface area contributed by atoms with E-state index in [2.05, 4.69) is 33.5 Å². The molecular formula is C22H32IN5OS. The van der Waals surface area contributed by atoms with Gasteiger partial charge < -0.3 is 15.5 Å². The monoisotopic (exact) mass is 541 g/mol. The molecule has 0 atom stereocenters. The van der Waals surface area contributed by atoms with E-state index in [4.69, 9.17) is 5.26 Å². The number of carbonyl (C=O) groups excluding carboxylic acids is 1. The molecule has 30 heavy (non-hydrogen) atoms. The molecule has 1 aliphatic heterocycles. The zero-order chi connectivity index (χ0) is 20.5. The number of carbonyl (C=O) groups is 1. The van der Waals surface area contributed by atoms with Crippen LogP contribution in [0, 0.1) is 17.2 Å². The van der Waals surface area contributed by atoms with Gasteiger partial charge in [-0.1, -0.05) is 12.1 Å². The molecule has 2 fully saturated rings. The molecule has 0 aromatic heterocycles. The highest BCUT2D eigenvalue weighted by atomic mass is 127. The number of hydrogen-bond acceptors (Lipinski definition) is 4. The van der Waals surface area contributed by atoms with E-state index in [1.54, 1.807) is 6.07 Å². The first-order chi connectivity index (χ1) is 14.2. The van der Waals surface area contributed by atoms with Gasteiger partial charge in [-0.15, -0.1) is 24.0 Å². The molecule has 1 saturated carbocycles. The maximum atomic E-state index is 12.7. The van der Waals surface area contributed by atoms with Crippen molar-refractivity contribution in [3.63, 3.8) is 0 Å². The number of hydrogen-bond donors (Lipinski definition) is 2. The van der Waals surface area contributed by atoms with E-state index in [1.165, 1.54) is 0 Å². The molecule has 1 aromatic carbocycles. The lowest BCUT2D eigenvalue weighted by atomic mass is 9.85. The molecule has 2 N–H and O–H groups in total. The molecule has 1 aliphatic carbocycles. The van der Waals surface area contributed by atoms with Crippen molar-refractivity contribution in [1.82, 2.24) is 15.5 Å². The van der Waals surface area contributed by atoms with Gasteiger partial charge in [0.2, 0.25) is 5.91 Å². The van der Waals surface area contributed by atoms with Gasteiger partial charge in [0.15, 0.2) is 5.96 Å². The highest BCUT2D eigenvalue weighted by Gasteiger charge is 2.30. The summed E-state index contributed by atoms with van der Waals surface area (Å²) < 4.78 is 0. The second kappa shape index (κ2) is 13.1. The van der Waals surface area contributed by atoms with E-state index < -0.39 is 0 Å². The second-order valence-electron chi connectivity index (χ2n) is 7.64. The minimum absolute atomic E-state index is 0. The van der Waals surface area contributed by atoms with Crippen LogP contribution in [0.25, 0.3) is 0 Å². The number of rotatable bonds is 5. The SMILES string of the molecule is CCNC(=NCc1cccc(C#N)c1)NC1CCC(C(=O)N2CCSCC2)CC1.I. The van der Waals surface area contributed by atoms with Crippen molar-refractivity contribution in [2.75, 3.05) is 31.1 Å². The van der Waals surface area contributed by atoms with Gasteiger partial charge in [-0.3, -0.25) is 4.79 Å². The fourth-order valence-corrected chi connectivity index (χ4v) is 4.85. The Morgan fingerprint density at radius 1 is 1.27 bits per heavy atom. The quantitative estimate of drug-likeness (QED) is 0.340. The number of thioether (sulfide) groups is 1. The van der Waals surface area contributed by atoms with Gasteiger partial charge in [-0.25, -0.2) is 4.99 Å². The summed E-state index contributed by atoms with van der Waals surface area (Å²) in [5, 5.41) is 15.9. The normalized spacial score (nSPS) is 21.9. The van der Waals surface area contributed by atoms with Crippen molar-refractivity contribution in [2.24, 2.45) is 10.9 Å². The summed E-state index contributed by atoms with van der Waals surface area (Å²) in [6.45, 7) is 5.20. The number of nitriles is 1. The van der Waals surface area contributed by atoms with E-state index in [1.807, 2.05) is 30.0 Å². The molecule has 0 bridgehead atoms. The van der Waals surface area contributed by atoms with E-state index in [0.29, 0.717) is 24.1 Å². The van der Waals surface area contributed by atoms with Gasteiger partial charge in [-0.2, -0.15) is 17.0 Å². The van der Waals surface area contributed by atoms with Crippen molar-refractivity contribution >= 4 is 47.6 Å². The van der Waals surface area contributed by atoms with Crippen LogP contribution in [-0.2, 0) is 11.3 Å². The summed E-state index contributed by atoms with van der Waals surface area (Å²) in [5.41, 5.74) is 1.68. The summed E-state index contributed by atoms with van der Waals surface area (Å²) in [6.07, 6.45) is 3.88. The Bertz CT molecular complexity index is 752. The lowest BCUT2D eigenvalue weighted by molar-refractivity contribution is -0.136. The first-order valence-electron chi connectivity index (χ1n) is 10.6.